The molecule has 74 valence electrons. The van der Waals surface area contributed by atoms with Gasteiger partial charge in [0, 0.05) is 27.4 Å². The third-order valence-corrected chi connectivity index (χ3v) is 1.35. The summed E-state index contributed by atoms with van der Waals surface area (Å²) in [5.41, 5.74) is 0. The van der Waals surface area contributed by atoms with Crippen molar-refractivity contribution in [3.8, 4) is 0 Å². The molecule has 0 unspecified atom stereocenters. The van der Waals surface area contributed by atoms with Crippen LogP contribution in [0.25, 0.3) is 0 Å². The molecule has 4 heteroatoms. The summed E-state index contributed by atoms with van der Waals surface area (Å²) in [7, 11) is 3.11. The third-order valence-electron chi connectivity index (χ3n) is 1.35. The van der Waals surface area contributed by atoms with Gasteiger partial charge in [0.2, 0.25) is 12.6 Å². The van der Waals surface area contributed by atoms with E-state index in [9.17, 15) is 0 Å². The molecule has 0 aliphatic carbocycles. The van der Waals surface area contributed by atoms with Gasteiger partial charge in [-0.2, -0.15) is 0 Å². The average molecular weight is 178 g/mol. The zero-order chi connectivity index (χ0) is 9.40. The fraction of sp³-hybridized carbons (Fsp3) is 1.00. The van der Waals surface area contributed by atoms with E-state index in [1.807, 2.05) is 13.8 Å². The van der Waals surface area contributed by atoms with E-state index in [4.69, 9.17) is 18.9 Å². The molecule has 4 nitrogen and oxygen atoms in total. The largest absolute Gasteiger partial charge is 0.351 e. The van der Waals surface area contributed by atoms with Crippen molar-refractivity contribution in [2.75, 3.05) is 27.4 Å². The fourth-order valence-electron chi connectivity index (χ4n) is 0.852. The second-order valence-corrected chi connectivity index (χ2v) is 2.12. The van der Waals surface area contributed by atoms with Gasteiger partial charge in [0.1, 0.15) is 0 Å². The summed E-state index contributed by atoms with van der Waals surface area (Å²) < 4.78 is 20.5. The Balaban J connectivity index is 3.86. The maximum absolute atomic E-state index is 5.25. The Hall–Kier alpha value is -0.160. The van der Waals surface area contributed by atoms with Crippen LogP contribution in [0, 0.1) is 0 Å². The number of methoxy groups -OCH3 is 2. The quantitative estimate of drug-likeness (QED) is 0.545. The van der Waals surface area contributed by atoms with Crippen molar-refractivity contribution in [1.29, 1.82) is 0 Å². The van der Waals surface area contributed by atoms with Gasteiger partial charge in [-0.1, -0.05) is 0 Å². The van der Waals surface area contributed by atoms with Crippen LogP contribution in [0.5, 0.6) is 0 Å². The first-order valence-electron chi connectivity index (χ1n) is 4.08. The number of hydrogen-bond acceptors (Lipinski definition) is 4. The van der Waals surface area contributed by atoms with Gasteiger partial charge in [-0.15, -0.1) is 0 Å². The lowest BCUT2D eigenvalue weighted by Crippen LogP contribution is -2.34. The molecule has 0 spiro atoms. The Kier molecular flexibility index (Phi) is 7.39. The van der Waals surface area contributed by atoms with Gasteiger partial charge in [0.25, 0.3) is 0 Å². The van der Waals surface area contributed by atoms with Crippen LogP contribution < -0.4 is 0 Å². The van der Waals surface area contributed by atoms with E-state index < -0.39 is 12.6 Å². The fourth-order valence-corrected chi connectivity index (χ4v) is 0.852. The first-order chi connectivity index (χ1) is 5.79. The summed E-state index contributed by atoms with van der Waals surface area (Å²) >= 11 is 0. The highest BCUT2D eigenvalue weighted by molar-refractivity contribution is 4.48. The monoisotopic (exact) mass is 178 g/mol. The predicted molar refractivity (Wildman–Crippen MR) is 44.8 cm³/mol. The molecule has 0 fully saturated rings. The topological polar surface area (TPSA) is 36.9 Å². The maximum atomic E-state index is 5.25. The summed E-state index contributed by atoms with van der Waals surface area (Å²) in [6, 6.07) is 0. The van der Waals surface area contributed by atoms with Gasteiger partial charge in [-0.3, -0.25) is 0 Å². The van der Waals surface area contributed by atoms with Crippen molar-refractivity contribution in [2.24, 2.45) is 0 Å². The molecule has 12 heavy (non-hydrogen) atoms. The molecular weight excluding hydrogens is 160 g/mol. The molecule has 0 amide bonds. The van der Waals surface area contributed by atoms with Gasteiger partial charge in [0.15, 0.2) is 0 Å². The van der Waals surface area contributed by atoms with E-state index in [2.05, 4.69) is 0 Å². The van der Waals surface area contributed by atoms with E-state index in [1.54, 1.807) is 14.2 Å². The van der Waals surface area contributed by atoms with Crippen LogP contribution in [-0.2, 0) is 18.9 Å². The molecule has 0 aromatic carbocycles. The van der Waals surface area contributed by atoms with Gasteiger partial charge < -0.3 is 18.9 Å². The second kappa shape index (κ2) is 7.49. The molecule has 0 aliphatic rings. The minimum absolute atomic E-state index is 0.435. The molecule has 0 atom stereocenters. The highest BCUT2D eigenvalue weighted by Gasteiger charge is 2.20. The zero-order valence-electron chi connectivity index (χ0n) is 8.20. The van der Waals surface area contributed by atoms with Gasteiger partial charge in [0.05, 0.1) is 0 Å². The van der Waals surface area contributed by atoms with Crippen molar-refractivity contribution in [3.05, 3.63) is 0 Å². The maximum Gasteiger partial charge on any atom is 0.209 e. The van der Waals surface area contributed by atoms with E-state index in [0.717, 1.165) is 0 Å². The normalized spacial score (nSPS) is 11.5. The summed E-state index contributed by atoms with van der Waals surface area (Å²) in [6.45, 7) is 4.95. The summed E-state index contributed by atoms with van der Waals surface area (Å²) in [6.07, 6.45) is -0.889. The van der Waals surface area contributed by atoms with Crippen LogP contribution >= 0.6 is 0 Å². The zero-order valence-corrected chi connectivity index (χ0v) is 8.20. The van der Waals surface area contributed by atoms with E-state index >= 15 is 0 Å². The molecule has 0 heterocycles. The minimum Gasteiger partial charge on any atom is -0.351 e. The summed E-state index contributed by atoms with van der Waals surface area (Å²) in [5, 5.41) is 0. The Labute approximate surface area is 73.7 Å². The summed E-state index contributed by atoms with van der Waals surface area (Å²) in [5.74, 6) is 0. The van der Waals surface area contributed by atoms with Crippen LogP contribution in [0.4, 0.5) is 0 Å². The average Bonchev–Trinajstić information content (AvgIpc) is 2.07. The lowest BCUT2D eigenvalue weighted by atomic mass is 10.6. The SMILES string of the molecule is CCOC(OCC)C(OC)OC. The Morgan fingerprint density at radius 1 is 0.833 bits per heavy atom. The number of rotatable bonds is 7. The van der Waals surface area contributed by atoms with E-state index in [0.29, 0.717) is 13.2 Å². The molecule has 0 saturated carbocycles. The van der Waals surface area contributed by atoms with Gasteiger partial charge >= 0.3 is 0 Å². The smallest absolute Gasteiger partial charge is 0.209 e. The Morgan fingerprint density at radius 3 is 1.50 bits per heavy atom. The predicted octanol–water partition coefficient (Wildman–Crippen LogP) is 1.00. The van der Waals surface area contributed by atoms with Crippen LogP contribution in [-0.4, -0.2) is 40.0 Å². The number of hydrogen-bond donors (Lipinski definition) is 0. The highest BCUT2D eigenvalue weighted by atomic mass is 16.8. The molecule has 0 aliphatic heterocycles. The first-order valence-corrected chi connectivity index (χ1v) is 4.08. The van der Waals surface area contributed by atoms with Crippen molar-refractivity contribution < 1.29 is 18.9 Å². The van der Waals surface area contributed by atoms with E-state index in [1.165, 1.54) is 0 Å². The van der Waals surface area contributed by atoms with Crippen LogP contribution in [0.3, 0.4) is 0 Å². The molecule has 0 aromatic heterocycles. The first kappa shape index (κ1) is 11.8. The third kappa shape index (κ3) is 4.01. The molecule has 0 bridgehead atoms. The van der Waals surface area contributed by atoms with Crippen LogP contribution in [0.15, 0.2) is 0 Å². The molecule has 0 saturated heterocycles. The molecule has 0 aromatic rings. The second-order valence-electron chi connectivity index (χ2n) is 2.12. The van der Waals surface area contributed by atoms with Crippen LogP contribution in [0.1, 0.15) is 13.8 Å². The van der Waals surface area contributed by atoms with Gasteiger partial charge in [-0.05, 0) is 13.8 Å². The molecule has 0 rings (SSSR count). The lowest BCUT2D eigenvalue weighted by Gasteiger charge is -2.23. The molecule has 0 N–H and O–H groups in total. The Bertz CT molecular complexity index is 87.1. The van der Waals surface area contributed by atoms with Crippen molar-refractivity contribution >= 4 is 0 Å². The minimum atomic E-state index is -0.454. The molecule has 0 radical (unpaired) electrons. The van der Waals surface area contributed by atoms with Crippen molar-refractivity contribution in [1.82, 2.24) is 0 Å². The van der Waals surface area contributed by atoms with Crippen molar-refractivity contribution in [2.45, 2.75) is 26.4 Å². The lowest BCUT2D eigenvalue weighted by molar-refractivity contribution is -0.268. The molecular formula is C8H18O4. The standard InChI is InChI=1S/C8H18O4/c1-5-11-8(12-6-2)7(9-3)10-4/h7-8H,5-6H2,1-4H3. The highest BCUT2D eigenvalue weighted by Crippen LogP contribution is 2.05. The van der Waals surface area contributed by atoms with Crippen molar-refractivity contribution in [3.63, 3.8) is 0 Å². The van der Waals surface area contributed by atoms with Crippen LogP contribution in [0.2, 0.25) is 0 Å². The Morgan fingerprint density at radius 2 is 1.25 bits per heavy atom. The van der Waals surface area contributed by atoms with Gasteiger partial charge in [-0.25, -0.2) is 0 Å². The van der Waals surface area contributed by atoms with E-state index in [-0.39, 0.29) is 0 Å². The summed E-state index contributed by atoms with van der Waals surface area (Å²) in [4.78, 5) is 0. The number of ether oxygens (including phenoxy) is 4.